The zero-order chi connectivity index (χ0) is 9.61. The van der Waals surface area contributed by atoms with Gasteiger partial charge in [-0.1, -0.05) is 33.1 Å². The van der Waals surface area contributed by atoms with Crippen LogP contribution in [0, 0.1) is 5.92 Å². The van der Waals surface area contributed by atoms with E-state index in [1.54, 1.807) is 0 Å². The fraction of sp³-hybridized carbons (Fsp3) is 1.00. The van der Waals surface area contributed by atoms with E-state index in [4.69, 9.17) is 11.5 Å². The molecule has 1 unspecified atom stereocenters. The molecule has 0 aliphatic carbocycles. The molecule has 2 nitrogen and oxygen atoms in total. The highest BCUT2D eigenvalue weighted by atomic mass is 14.9. The maximum atomic E-state index is 5.69. The number of unbranched alkanes of at least 4 members (excludes halogenated alkanes) is 1. The molecule has 0 saturated carbocycles. The number of rotatable bonds is 6. The van der Waals surface area contributed by atoms with Crippen molar-refractivity contribution in [3.63, 3.8) is 0 Å². The summed E-state index contributed by atoms with van der Waals surface area (Å²) in [4.78, 5) is 0. The summed E-state index contributed by atoms with van der Waals surface area (Å²) in [5, 5.41) is 0. The predicted octanol–water partition coefficient (Wildman–Crippen LogP) is 2.23. The summed E-state index contributed by atoms with van der Waals surface area (Å²) < 4.78 is 0. The van der Waals surface area contributed by atoms with Crippen LogP contribution < -0.4 is 11.5 Å². The third-order valence-corrected chi connectivity index (χ3v) is 2.23. The van der Waals surface area contributed by atoms with Gasteiger partial charge in [0.2, 0.25) is 0 Å². The smallest absolute Gasteiger partial charge is 0.0607 e. The number of hydrogen-bond donors (Lipinski definition) is 2. The molecule has 0 spiro atoms. The van der Waals surface area contributed by atoms with Gasteiger partial charge in [-0.3, -0.25) is 0 Å². The molecule has 12 heavy (non-hydrogen) atoms. The van der Waals surface area contributed by atoms with Crippen LogP contribution in [0.1, 0.15) is 52.9 Å². The maximum Gasteiger partial charge on any atom is 0.0607 e. The third-order valence-electron chi connectivity index (χ3n) is 2.23. The van der Waals surface area contributed by atoms with E-state index in [1.165, 1.54) is 19.3 Å². The van der Waals surface area contributed by atoms with Crippen LogP contribution >= 0.6 is 0 Å². The van der Waals surface area contributed by atoms with Crippen LogP contribution in [0.25, 0.3) is 0 Å². The topological polar surface area (TPSA) is 52.0 Å². The van der Waals surface area contributed by atoms with E-state index in [0.717, 1.165) is 18.8 Å². The molecule has 4 N–H and O–H groups in total. The van der Waals surface area contributed by atoms with Crippen LogP contribution in [0.2, 0.25) is 0 Å². The molecular weight excluding hydrogens is 148 g/mol. The third kappa shape index (κ3) is 8.02. The zero-order valence-corrected chi connectivity index (χ0v) is 8.77. The van der Waals surface area contributed by atoms with Gasteiger partial charge in [0.15, 0.2) is 0 Å². The van der Waals surface area contributed by atoms with E-state index < -0.39 is 5.66 Å². The van der Waals surface area contributed by atoms with Crippen molar-refractivity contribution in [2.45, 2.75) is 58.5 Å². The van der Waals surface area contributed by atoms with Gasteiger partial charge < -0.3 is 11.5 Å². The molecule has 0 saturated heterocycles. The van der Waals surface area contributed by atoms with Crippen LogP contribution in [0.3, 0.4) is 0 Å². The minimum absolute atomic E-state index is 0.472. The second-order valence-electron chi connectivity index (χ2n) is 4.29. The van der Waals surface area contributed by atoms with E-state index in [9.17, 15) is 0 Å². The molecule has 74 valence electrons. The maximum absolute atomic E-state index is 5.69. The Morgan fingerprint density at radius 1 is 1.25 bits per heavy atom. The summed E-state index contributed by atoms with van der Waals surface area (Å²) in [7, 11) is 0. The largest absolute Gasteiger partial charge is 0.314 e. The van der Waals surface area contributed by atoms with Gasteiger partial charge in [-0.25, -0.2) is 0 Å². The molecule has 0 aliphatic rings. The van der Waals surface area contributed by atoms with Crippen molar-refractivity contribution < 1.29 is 0 Å². The van der Waals surface area contributed by atoms with Crippen molar-refractivity contribution in [3.8, 4) is 0 Å². The number of hydrogen-bond acceptors (Lipinski definition) is 2. The van der Waals surface area contributed by atoms with Gasteiger partial charge in [-0.2, -0.15) is 0 Å². The Hall–Kier alpha value is -0.0800. The molecule has 0 amide bonds. The fourth-order valence-corrected chi connectivity index (χ4v) is 1.25. The molecule has 0 bridgehead atoms. The Balaban J connectivity index is 3.37. The van der Waals surface area contributed by atoms with Crippen LogP contribution in [-0.4, -0.2) is 5.66 Å². The van der Waals surface area contributed by atoms with E-state index in [0.29, 0.717) is 0 Å². The molecule has 2 heteroatoms. The molecule has 0 aromatic heterocycles. The quantitative estimate of drug-likeness (QED) is 0.604. The first-order chi connectivity index (χ1) is 5.45. The molecule has 0 aromatic rings. The highest BCUT2D eigenvalue weighted by Gasteiger charge is 2.12. The second-order valence-corrected chi connectivity index (χ2v) is 4.29. The Bertz CT molecular complexity index is 105. The Morgan fingerprint density at radius 2 is 1.83 bits per heavy atom. The van der Waals surface area contributed by atoms with E-state index in [-0.39, 0.29) is 0 Å². The number of nitrogens with two attached hydrogens (primary N) is 2. The molecule has 1 atom stereocenters. The molecule has 0 rings (SSSR count). The minimum Gasteiger partial charge on any atom is -0.314 e. The van der Waals surface area contributed by atoms with Crippen LogP contribution in [-0.2, 0) is 0 Å². The lowest BCUT2D eigenvalue weighted by molar-refractivity contribution is 0.368. The SMILES string of the molecule is CCCCC(C)CCC(C)(N)N. The average Bonchev–Trinajstić information content (AvgIpc) is 1.95. The monoisotopic (exact) mass is 172 g/mol. The molecule has 0 radical (unpaired) electrons. The Kier molecular flexibility index (Phi) is 5.51. The lowest BCUT2D eigenvalue weighted by Gasteiger charge is -2.20. The summed E-state index contributed by atoms with van der Waals surface area (Å²) in [6.07, 6.45) is 6.01. The van der Waals surface area contributed by atoms with Crippen molar-refractivity contribution in [3.05, 3.63) is 0 Å². The molecule has 0 fully saturated rings. The molecule has 0 aliphatic heterocycles. The van der Waals surface area contributed by atoms with Crippen LogP contribution in [0.15, 0.2) is 0 Å². The molecular formula is C10H24N2. The standard InChI is InChI=1S/C10H24N2/c1-4-5-6-9(2)7-8-10(3,11)12/h9H,4-8,11-12H2,1-3H3. The summed E-state index contributed by atoms with van der Waals surface area (Å²) in [5.41, 5.74) is 10.9. The van der Waals surface area contributed by atoms with Crippen molar-refractivity contribution in [2.24, 2.45) is 17.4 Å². The van der Waals surface area contributed by atoms with E-state index in [1.807, 2.05) is 6.92 Å². The van der Waals surface area contributed by atoms with Crippen molar-refractivity contribution in [2.75, 3.05) is 0 Å². The lowest BCUT2D eigenvalue weighted by atomic mass is 9.95. The highest BCUT2D eigenvalue weighted by Crippen LogP contribution is 2.16. The van der Waals surface area contributed by atoms with Gasteiger partial charge in [0.1, 0.15) is 0 Å². The van der Waals surface area contributed by atoms with E-state index >= 15 is 0 Å². The van der Waals surface area contributed by atoms with Crippen LogP contribution in [0.5, 0.6) is 0 Å². The van der Waals surface area contributed by atoms with Gasteiger partial charge in [0, 0.05) is 0 Å². The highest BCUT2D eigenvalue weighted by molar-refractivity contribution is 4.70. The van der Waals surface area contributed by atoms with Crippen molar-refractivity contribution >= 4 is 0 Å². The molecule has 0 heterocycles. The Labute approximate surface area is 76.7 Å². The Morgan fingerprint density at radius 3 is 2.25 bits per heavy atom. The van der Waals surface area contributed by atoms with Crippen molar-refractivity contribution in [1.82, 2.24) is 0 Å². The van der Waals surface area contributed by atoms with E-state index in [2.05, 4.69) is 13.8 Å². The lowest BCUT2D eigenvalue weighted by Crippen LogP contribution is -2.46. The van der Waals surface area contributed by atoms with Gasteiger partial charge in [-0.05, 0) is 25.7 Å². The van der Waals surface area contributed by atoms with Gasteiger partial charge in [0.25, 0.3) is 0 Å². The fourth-order valence-electron chi connectivity index (χ4n) is 1.25. The van der Waals surface area contributed by atoms with Gasteiger partial charge >= 0.3 is 0 Å². The van der Waals surface area contributed by atoms with Gasteiger partial charge in [0.05, 0.1) is 5.66 Å². The normalized spacial score (nSPS) is 14.8. The summed E-state index contributed by atoms with van der Waals surface area (Å²) in [5.74, 6) is 0.774. The average molecular weight is 172 g/mol. The van der Waals surface area contributed by atoms with Crippen LogP contribution in [0.4, 0.5) is 0 Å². The second kappa shape index (κ2) is 5.55. The first kappa shape index (κ1) is 11.9. The first-order valence-corrected chi connectivity index (χ1v) is 5.03. The summed E-state index contributed by atoms with van der Waals surface area (Å²) in [6.45, 7) is 6.39. The summed E-state index contributed by atoms with van der Waals surface area (Å²) in [6, 6.07) is 0. The summed E-state index contributed by atoms with van der Waals surface area (Å²) >= 11 is 0. The van der Waals surface area contributed by atoms with Crippen molar-refractivity contribution in [1.29, 1.82) is 0 Å². The first-order valence-electron chi connectivity index (χ1n) is 5.03. The van der Waals surface area contributed by atoms with Gasteiger partial charge in [-0.15, -0.1) is 0 Å². The predicted molar refractivity (Wildman–Crippen MR) is 54.7 cm³/mol. The molecule has 0 aromatic carbocycles. The zero-order valence-electron chi connectivity index (χ0n) is 8.77. The minimum atomic E-state index is -0.472.